The van der Waals surface area contributed by atoms with E-state index in [-0.39, 0.29) is 43.2 Å². The predicted octanol–water partition coefficient (Wildman–Crippen LogP) is 3.57. The highest BCUT2D eigenvalue weighted by atomic mass is 35.5. The van der Waals surface area contributed by atoms with Crippen LogP contribution < -0.4 is 10.2 Å². The van der Waals surface area contributed by atoms with Gasteiger partial charge in [0.05, 0.1) is 23.5 Å². The van der Waals surface area contributed by atoms with Crippen molar-refractivity contribution < 1.29 is 9.59 Å². The second-order valence-corrected chi connectivity index (χ2v) is 7.70. The van der Waals surface area contributed by atoms with Gasteiger partial charge >= 0.3 is 0 Å². The minimum absolute atomic E-state index is 0. The number of fused-ring (bicyclic) bond motifs is 2. The topological polar surface area (TPSA) is 68.8 Å². The van der Waals surface area contributed by atoms with Crippen molar-refractivity contribution >= 4 is 53.8 Å². The number of carbonyl (C=O) groups is 2. The average molecular weight is 466 g/mol. The smallest absolute Gasteiger partial charge is 0.257 e. The Morgan fingerprint density at radius 2 is 2.00 bits per heavy atom. The van der Waals surface area contributed by atoms with Crippen molar-refractivity contribution in [1.82, 2.24) is 14.8 Å². The molecule has 1 N–H and O–H groups in total. The van der Waals surface area contributed by atoms with Crippen molar-refractivity contribution in [3.05, 3.63) is 48.2 Å². The number of aromatic nitrogens is 1. The van der Waals surface area contributed by atoms with Crippen LogP contribution in [-0.2, 0) is 4.79 Å². The van der Waals surface area contributed by atoms with Crippen molar-refractivity contribution in [1.29, 1.82) is 0 Å². The van der Waals surface area contributed by atoms with Crippen molar-refractivity contribution in [2.75, 3.05) is 43.4 Å². The van der Waals surface area contributed by atoms with E-state index >= 15 is 0 Å². The molecule has 1 unspecified atom stereocenters. The maximum atomic E-state index is 13.4. The number of hydrogen-bond acceptors (Lipinski definition) is 5. The van der Waals surface area contributed by atoms with E-state index in [1.807, 2.05) is 13.1 Å². The first-order chi connectivity index (χ1) is 14.1. The summed E-state index contributed by atoms with van der Waals surface area (Å²) in [4.78, 5) is 36.6. The van der Waals surface area contributed by atoms with E-state index in [0.717, 1.165) is 19.6 Å². The highest BCUT2D eigenvalue weighted by molar-refractivity contribution is 6.17. The SMILES string of the molecule is CCN1CCCC1CN(C)CC(=O)N1c2ccccc2C(=O)Nc2cccnc21.Cl.Cl. The Hall–Kier alpha value is -2.19. The van der Waals surface area contributed by atoms with Crippen LogP contribution in [-0.4, -0.2) is 65.9 Å². The van der Waals surface area contributed by atoms with Crippen LogP contribution in [0.15, 0.2) is 42.6 Å². The molecule has 2 amide bonds. The lowest BCUT2D eigenvalue weighted by Crippen LogP contribution is -2.43. The Labute approximate surface area is 195 Å². The Morgan fingerprint density at radius 1 is 1.23 bits per heavy atom. The Kier molecular flexibility index (Phi) is 8.82. The van der Waals surface area contributed by atoms with E-state index in [2.05, 4.69) is 27.0 Å². The molecule has 1 aromatic heterocycles. The summed E-state index contributed by atoms with van der Waals surface area (Å²) in [5, 5.41) is 2.87. The van der Waals surface area contributed by atoms with Crippen molar-refractivity contribution in [3.8, 4) is 0 Å². The second kappa shape index (κ2) is 10.9. The Balaban J connectivity index is 0.00000171. The Bertz CT molecular complexity index is 926. The molecule has 1 atom stereocenters. The van der Waals surface area contributed by atoms with Crippen LogP contribution >= 0.6 is 24.8 Å². The number of hydrogen-bond donors (Lipinski definition) is 1. The molecule has 0 radical (unpaired) electrons. The van der Waals surface area contributed by atoms with Crippen molar-refractivity contribution in [2.24, 2.45) is 0 Å². The summed E-state index contributed by atoms with van der Waals surface area (Å²) in [7, 11) is 1.98. The zero-order chi connectivity index (χ0) is 20.4. The van der Waals surface area contributed by atoms with Gasteiger partial charge in [0.15, 0.2) is 5.82 Å². The normalized spacial score (nSPS) is 17.7. The molecule has 0 saturated carbocycles. The molecule has 168 valence electrons. The van der Waals surface area contributed by atoms with Gasteiger partial charge in [-0.1, -0.05) is 19.1 Å². The number of halogens is 2. The quantitative estimate of drug-likeness (QED) is 0.730. The van der Waals surface area contributed by atoms with Gasteiger partial charge in [0.25, 0.3) is 5.91 Å². The molecule has 3 heterocycles. The van der Waals surface area contributed by atoms with E-state index in [9.17, 15) is 9.59 Å². The second-order valence-electron chi connectivity index (χ2n) is 7.70. The van der Waals surface area contributed by atoms with Crippen LogP contribution in [0.5, 0.6) is 0 Å². The first kappa shape index (κ1) is 25.1. The zero-order valence-electron chi connectivity index (χ0n) is 17.8. The molecule has 1 saturated heterocycles. The van der Waals surface area contributed by atoms with Crippen LogP contribution in [0.1, 0.15) is 30.1 Å². The summed E-state index contributed by atoms with van der Waals surface area (Å²) < 4.78 is 0. The molecule has 4 rings (SSSR count). The number of likely N-dealkylation sites (N-methyl/N-ethyl adjacent to an activating group) is 2. The van der Waals surface area contributed by atoms with Gasteiger partial charge in [-0.05, 0) is 57.2 Å². The van der Waals surface area contributed by atoms with Crippen LogP contribution in [0, 0.1) is 0 Å². The molecule has 2 aromatic rings. The predicted molar refractivity (Wildman–Crippen MR) is 128 cm³/mol. The lowest BCUT2D eigenvalue weighted by molar-refractivity contribution is -0.118. The standard InChI is InChI=1S/C22H27N5O2.2ClH/c1-3-26-13-7-8-16(26)14-25(2)15-20(28)27-19-11-5-4-9-17(19)22(29)24-18-10-6-12-23-21(18)27;;/h4-6,9-12,16H,3,7-8,13-15H2,1-2H3,(H,24,29);2*1H. The zero-order valence-corrected chi connectivity index (χ0v) is 19.4. The van der Waals surface area contributed by atoms with Crippen LogP contribution in [0.3, 0.4) is 0 Å². The number of likely N-dealkylation sites (tertiary alicyclic amines) is 1. The number of nitrogens with zero attached hydrogens (tertiary/aromatic N) is 4. The summed E-state index contributed by atoms with van der Waals surface area (Å²) in [5.74, 6) is 0.126. The number of anilines is 3. The van der Waals surface area contributed by atoms with E-state index < -0.39 is 0 Å². The van der Waals surface area contributed by atoms with Gasteiger partial charge in [-0.3, -0.25) is 24.3 Å². The number of para-hydroxylation sites is 1. The fourth-order valence-corrected chi connectivity index (χ4v) is 4.33. The molecule has 7 nitrogen and oxygen atoms in total. The van der Waals surface area contributed by atoms with Crippen molar-refractivity contribution in [2.45, 2.75) is 25.8 Å². The Morgan fingerprint density at radius 3 is 2.77 bits per heavy atom. The van der Waals surface area contributed by atoms with E-state index in [4.69, 9.17) is 0 Å². The summed E-state index contributed by atoms with van der Waals surface area (Å²) in [6, 6.07) is 11.2. The van der Waals surface area contributed by atoms with E-state index in [1.165, 1.54) is 12.8 Å². The third-order valence-electron chi connectivity index (χ3n) is 5.72. The molecule has 0 bridgehead atoms. The lowest BCUT2D eigenvalue weighted by Gasteiger charge is -2.29. The fourth-order valence-electron chi connectivity index (χ4n) is 4.33. The van der Waals surface area contributed by atoms with Gasteiger partial charge in [0, 0.05) is 18.8 Å². The van der Waals surface area contributed by atoms with Gasteiger partial charge in [0.2, 0.25) is 5.91 Å². The number of benzene rings is 1. The number of rotatable bonds is 5. The number of nitrogens with one attached hydrogen (secondary N) is 1. The lowest BCUT2D eigenvalue weighted by atomic mass is 10.1. The third kappa shape index (κ3) is 5.18. The molecule has 0 aliphatic carbocycles. The number of amides is 2. The van der Waals surface area contributed by atoms with Gasteiger partial charge in [0.1, 0.15) is 0 Å². The van der Waals surface area contributed by atoms with Crippen LogP contribution in [0.25, 0.3) is 0 Å². The van der Waals surface area contributed by atoms with Crippen LogP contribution in [0.2, 0.25) is 0 Å². The highest BCUT2D eigenvalue weighted by Gasteiger charge is 2.31. The summed E-state index contributed by atoms with van der Waals surface area (Å²) in [6.07, 6.45) is 4.02. The molecule has 2 aliphatic heterocycles. The molecule has 2 aliphatic rings. The minimum Gasteiger partial charge on any atom is -0.319 e. The molecular formula is C22H29Cl2N5O2. The molecule has 0 spiro atoms. The number of carbonyl (C=O) groups excluding carboxylic acids is 2. The summed E-state index contributed by atoms with van der Waals surface area (Å²) in [6.45, 7) is 5.46. The summed E-state index contributed by atoms with van der Waals surface area (Å²) in [5.41, 5.74) is 1.57. The largest absolute Gasteiger partial charge is 0.319 e. The van der Waals surface area contributed by atoms with Gasteiger partial charge in [-0.2, -0.15) is 0 Å². The highest BCUT2D eigenvalue weighted by Crippen LogP contribution is 2.36. The molecule has 9 heteroatoms. The van der Waals surface area contributed by atoms with Gasteiger partial charge < -0.3 is 5.32 Å². The average Bonchev–Trinajstić information content (AvgIpc) is 3.11. The minimum atomic E-state index is -0.233. The molecule has 1 fully saturated rings. The third-order valence-corrected chi connectivity index (χ3v) is 5.72. The maximum Gasteiger partial charge on any atom is 0.257 e. The van der Waals surface area contributed by atoms with Crippen LogP contribution in [0.4, 0.5) is 17.2 Å². The van der Waals surface area contributed by atoms with Gasteiger partial charge in [-0.25, -0.2) is 4.98 Å². The maximum absolute atomic E-state index is 13.4. The van der Waals surface area contributed by atoms with E-state index in [1.54, 1.807) is 41.4 Å². The summed E-state index contributed by atoms with van der Waals surface area (Å²) >= 11 is 0. The van der Waals surface area contributed by atoms with E-state index in [0.29, 0.717) is 28.8 Å². The fraction of sp³-hybridized carbons (Fsp3) is 0.409. The first-order valence-corrected chi connectivity index (χ1v) is 10.2. The van der Waals surface area contributed by atoms with Crippen molar-refractivity contribution in [3.63, 3.8) is 0 Å². The molecule has 1 aromatic carbocycles. The number of pyridine rings is 1. The molecule has 31 heavy (non-hydrogen) atoms. The molecular weight excluding hydrogens is 437 g/mol. The first-order valence-electron chi connectivity index (χ1n) is 10.2. The monoisotopic (exact) mass is 465 g/mol. The van der Waals surface area contributed by atoms with Gasteiger partial charge in [-0.15, -0.1) is 24.8 Å².